The molecule has 0 saturated carbocycles. The van der Waals surface area contributed by atoms with Crippen LogP contribution in [0.2, 0.25) is 0 Å². The molecule has 4 rings (SSSR count). The van der Waals surface area contributed by atoms with Crippen LogP contribution < -0.4 is 15.5 Å². The van der Waals surface area contributed by atoms with Gasteiger partial charge in [0.05, 0.1) is 30.3 Å². The summed E-state index contributed by atoms with van der Waals surface area (Å²) < 4.78 is 5.50. The highest BCUT2D eigenvalue weighted by molar-refractivity contribution is 5.75. The van der Waals surface area contributed by atoms with Gasteiger partial charge in [0.1, 0.15) is 5.82 Å². The monoisotopic (exact) mass is 389 g/mol. The van der Waals surface area contributed by atoms with Crippen LogP contribution in [0.15, 0.2) is 60.7 Å². The zero-order valence-electron chi connectivity index (χ0n) is 16.8. The Bertz CT molecular complexity index is 926. The molecule has 6 nitrogen and oxygen atoms in total. The Kier molecular flexibility index (Phi) is 6.22. The lowest BCUT2D eigenvalue weighted by Crippen LogP contribution is -2.36. The van der Waals surface area contributed by atoms with E-state index in [1.54, 1.807) is 0 Å². The molecule has 3 aromatic rings. The average molecular weight is 390 g/mol. The summed E-state index contributed by atoms with van der Waals surface area (Å²) in [7, 11) is 0. The smallest absolute Gasteiger partial charge is 0.229 e. The third-order valence-corrected chi connectivity index (χ3v) is 4.85. The molecule has 0 bridgehead atoms. The summed E-state index contributed by atoms with van der Waals surface area (Å²) in [6.45, 7) is 6.28. The maximum absolute atomic E-state index is 5.50. The van der Waals surface area contributed by atoms with Crippen LogP contribution in [0.4, 0.5) is 23.1 Å². The van der Waals surface area contributed by atoms with Gasteiger partial charge in [-0.3, -0.25) is 0 Å². The van der Waals surface area contributed by atoms with E-state index in [1.807, 2.05) is 30.3 Å². The molecule has 2 heterocycles. The van der Waals surface area contributed by atoms with E-state index >= 15 is 0 Å². The third-order valence-electron chi connectivity index (χ3n) is 4.85. The first-order valence-corrected chi connectivity index (χ1v) is 10.2. The van der Waals surface area contributed by atoms with Gasteiger partial charge in [-0.25, -0.2) is 4.98 Å². The molecule has 1 aliphatic rings. The molecule has 2 N–H and O–H groups in total. The quantitative estimate of drug-likeness (QED) is 0.618. The summed E-state index contributed by atoms with van der Waals surface area (Å²) in [4.78, 5) is 11.8. The van der Waals surface area contributed by atoms with Crippen molar-refractivity contribution in [3.8, 4) is 11.3 Å². The first kappa shape index (κ1) is 19.2. The van der Waals surface area contributed by atoms with Crippen LogP contribution in [-0.2, 0) is 4.74 Å². The van der Waals surface area contributed by atoms with E-state index < -0.39 is 0 Å². The number of nitrogens with zero attached hydrogens (tertiary/aromatic N) is 3. The molecule has 1 aromatic heterocycles. The number of rotatable bonds is 7. The van der Waals surface area contributed by atoms with E-state index in [9.17, 15) is 0 Å². The number of anilines is 4. The fourth-order valence-corrected chi connectivity index (χ4v) is 3.38. The molecule has 1 saturated heterocycles. The minimum Gasteiger partial charge on any atom is -0.378 e. The van der Waals surface area contributed by atoms with Gasteiger partial charge in [0, 0.05) is 31.3 Å². The Morgan fingerprint density at radius 3 is 2.52 bits per heavy atom. The first-order chi connectivity index (χ1) is 14.3. The second kappa shape index (κ2) is 9.39. The molecule has 0 aliphatic carbocycles. The predicted octanol–water partition coefficient (Wildman–Crippen LogP) is 4.55. The van der Waals surface area contributed by atoms with Crippen molar-refractivity contribution < 1.29 is 4.74 Å². The van der Waals surface area contributed by atoms with Crippen molar-refractivity contribution in [2.45, 2.75) is 13.3 Å². The normalized spacial score (nSPS) is 13.9. The molecule has 0 radical (unpaired) electrons. The minimum atomic E-state index is 0.589. The number of ether oxygens (including phenoxy) is 1. The highest BCUT2D eigenvalue weighted by Crippen LogP contribution is 2.29. The van der Waals surface area contributed by atoms with Crippen molar-refractivity contribution in [3.63, 3.8) is 0 Å². The van der Waals surface area contributed by atoms with Crippen molar-refractivity contribution in [2.75, 3.05) is 48.4 Å². The summed E-state index contributed by atoms with van der Waals surface area (Å²) in [5, 5.41) is 6.84. The van der Waals surface area contributed by atoms with Crippen LogP contribution in [0, 0.1) is 0 Å². The van der Waals surface area contributed by atoms with Gasteiger partial charge in [0.2, 0.25) is 5.95 Å². The molecule has 0 atom stereocenters. The standard InChI is InChI=1S/C23H27N5O/c1-2-12-24-22-17-20(18-8-4-3-5-9-18)26-23(27-22)25-19-10-6-7-11-21(19)28-13-15-29-16-14-28/h3-11,17H,2,12-16H2,1H3,(H2,24,25,26,27). The topological polar surface area (TPSA) is 62.3 Å². The number of para-hydroxylation sites is 2. The lowest BCUT2D eigenvalue weighted by molar-refractivity contribution is 0.123. The van der Waals surface area contributed by atoms with E-state index in [0.29, 0.717) is 5.95 Å². The van der Waals surface area contributed by atoms with Crippen molar-refractivity contribution >= 4 is 23.1 Å². The Morgan fingerprint density at radius 1 is 0.966 bits per heavy atom. The zero-order valence-corrected chi connectivity index (χ0v) is 16.8. The summed E-state index contributed by atoms with van der Waals surface area (Å²) in [6.07, 6.45) is 1.04. The van der Waals surface area contributed by atoms with E-state index in [1.165, 1.54) is 0 Å². The zero-order chi connectivity index (χ0) is 19.9. The van der Waals surface area contributed by atoms with Gasteiger partial charge < -0.3 is 20.3 Å². The fourth-order valence-electron chi connectivity index (χ4n) is 3.38. The molecule has 2 aromatic carbocycles. The molecule has 150 valence electrons. The van der Waals surface area contributed by atoms with Crippen molar-refractivity contribution in [2.24, 2.45) is 0 Å². The molecule has 0 amide bonds. The van der Waals surface area contributed by atoms with Gasteiger partial charge in [0.15, 0.2) is 0 Å². The van der Waals surface area contributed by atoms with Gasteiger partial charge in [-0.1, -0.05) is 49.4 Å². The van der Waals surface area contributed by atoms with Gasteiger partial charge in [0.25, 0.3) is 0 Å². The SMILES string of the molecule is CCCNc1cc(-c2ccccc2)nc(Nc2ccccc2N2CCOCC2)n1. The molecule has 0 spiro atoms. The molecule has 6 heteroatoms. The summed E-state index contributed by atoms with van der Waals surface area (Å²) in [5.41, 5.74) is 4.11. The highest BCUT2D eigenvalue weighted by atomic mass is 16.5. The minimum absolute atomic E-state index is 0.589. The summed E-state index contributed by atoms with van der Waals surface area (Å²) in [6, 6.07) is 20.5. The van der Waals surface area contributed by atoms with Gasteiger partial charge in [-0.2, -0.15) is 4.98 Å². The lowest BCUT2D eigenvalue weighted by atomic mass is 10.1. The Labute approximate surface area is 172 Å². The van der Waals surface area contributed by atoms with Crippen molar-refractivity contribution in [3.05, 3.63) is 60.7 Å². The number of aromatic nitrogens is 2. The van der Waals surface area contributed by atoms with Gasteiger partial charge in [-0.15, -0.1) is 0 Å². The molecule has 1 fully saturated rings. The van der Waals surface area contributed by atoms with Crippen LogP contribution in [-0.4, -0.2) is 42.8 Å². The number of morpholine rings is 1. The Balaban J connectivity index is 1.66. The second-order valence-electron chi connectivity index (χ2n) is 7.00. The summed E-state index contributed by atoms with van der Waals surface area (Å²) >= 11 is 0. The first-order valence-electron chi connectivity index (χ1n) is 10.2. The molecule has 29 heavy (non-hydrogen) atoms. The predicted molar refractivity (Wildman–Crippen MR) is 119 cm³/mol. The molecule has 1 aliphatic heterocycles. The maximum atomic E-state index is 5.50. The molecule has 0 unspecified atom stereocenters. The van der Waals surface area contributed by atoms with Crippen LogP contribution in [0.5, 0.6) is 0 Å². The van der Waals surface area contributed by atoms with Crippen molar-refractivity contribution in [1.82, 2.24) is 9.97 Å². The largest absolute Gasteiger partial charge is 0.378 e. The highest BCUT2D eigenvalue weighted by Gasteiger charge is 2.15. The molecular weight excluding hydrogens is 362 g/mol. The van der Waals surface area contributed by atoms with E-state index in [-0.39, 0.29) is 0 Å². The van der Waals surface area contributed by atoms with E-state index in [0.717, 1.165) is 67.7 Å². The summed E-state index contributed by atoms with van der Waals surface area (Å²) in [5.74, 6) is 1.41. The maximum Gasteiger partial charge on any atom is 0.229 e. The van der Waals surface area contributed by atoms with E-state index in [4.69, 9.17) is 14.7 Å². The van der Waals surface area contributed by atoms with Gasteiger partial charge >= 0.3 is 0 Å². The van der Waals surface area contributed by atoms with E-state index in [2.05, 4.69) is 52.8 Å². The number of hydrogen-bond donors (Lipinski definition) is 2. The average Bonchev–Trinajstić information content (AvgIpc) is 2.79. The van der Waals surface area contributed by atoms with Crippen LogP contribution in [0.1, 0.15) is 13.3 Å². The number of nitrogens with one attached hydrogen (secondary N) is 2. The fraction of sp³-hybridized carbons (Fsp3) is 0.304. The van der Waals surface area contributed by atoms with Crippen molar-refractivity contribution in [1.29, 1.82) is 0 Å². The molecular formula is C23H27N5O. The van der Waals surface area contributed by atoms with Crippen LogP contribution in [0.3, 0.4) is 0 Å². The second-order valence-corrected chi connectivity index (χ2v) is 7.00. The number of hydrogen-bond acceptors (Lipinski definition) is 6. The third kappa shape index (κ3) is 4.84. The Morgan fingerprint density at radius 2 is 1.72 bits per heavy atom. The van der Waals surface area contributed by atoms with Crippen LogP contribution in [0.25, 0.3) is 11.3 Å². The number of benzene rings is 2. The lowest BCUT2D eigenvalue weighted by Gasteiger charge is -2.30. The Hall–Kier alpha value is -3.12. The van der Waals surface area contributed by atoms with Gasteiger partial charge in [-0.05, 0) is 18.6 Å². The van der Waals surface area contributed by atoms with Crippen LogP contribution >= 0.6 is 0 Å².